The van der Waals surface area contributed by atoms with Crippen molar-refractivity contribution in [2.24, 2.45) is 0 Å². The van der Waals surface area contributed by atoms with E-state index < -0.39 is 0 Å². The summed E-state index contributed by atoms with van der Waals surface area (Å²) in [5.74, 6) is 0.802. The minimum Gasteiger partial charge on any atom is -0.497 e. The standard InChI is InChI=1S/C28H27N5O4/c1-36-22-10-11-23(25(17-22)37-2)27(34)31-13-15-32(16-14-31)28(35)24-19-33(21-8-4-3-5-9-21)30-26(24)20-7-6-12-29-18-20/h3-12,17-19H,13-16H2,1-2H3. The first-order chi connectivity index (χ1) is 18.1. The lowest BCUT2D eigenvalue weighted by atomic mass is 10.1. The van der Waals surface area contributed by atoms with Crippen molar-refractivity contribution in [1.82, 2.24) is 24.6 Å². The number of hydrogen-bond donors (Lipinski definition) is 0. The van der Waals surface area contributed by atoms with Gasteiger partial charge in [-0.05, 0) is 36.4 Å². The topological polar surface area (TPSA) is 89.8 Å². The molecule has 0 radical (unpaired) electrons. The third-order valence-electron chi connectivity index (χ3n) is 6.39. The number of para-hydroxylation sites is 1. The van der Waals surface area contributed by atoms with Crippen LogP contribution in [0.5, 0.6) is 11.5 Å². The molecule has 2 aromatic carbocycles. The summed E-state index contributed by atoms with van der Waals surface area (Å²) in [6, 6.07) is 18.5. The highest BCUT2D eigenvalue weighted by Crippen LogP contribution is 2.27. The Morgan fingerprint density at radius 1 is 0.811 bits per heavy atom. The molecule has 0 bridgehead atoms. The number of benzene rings is 2. The van der Waals surface area contributed by atoms with Crippen molar-refractivity contribution in [2.75, 3.05) is 40.4 Å². The molecule has 4 aromatic rings. The van der Waals surface area contributed by atoms with Crippen LogP contribution >= 0.6 is 0 Å². The van der Waals surface area contributed by atoms with Crippen LogP contribution in [-0.4, -0.2) is 76.8 Å². The maximum atomic E-state index is 13.7. The van der Waals surface area contributed by atoms with Gasteiger partial charge in [-0.25, -0.2) is 4.68 Å². The second kappa shape index (κ2) is 10.5. The summed E-state index contributed by atoms with van der Waals surface area (Å²) >= 11 is 0. The number of ether oxygens (including phenoxy) is 2. The molecule has 1 saturated heterocycles. The molecule has 188 valence electrons. The van der Waals surface area contributed by atoms with Gasteiger partial charge in [0.2, 0.25) is 0 Å². The Morgan fingerprint density at radius 3 is 2.14 bits per heavy atom. The van der Waals surface area contributed by atoms with Gasteiger partial charge in [0.15, 0.2) is 0 Å². The van der Waals surface area contributed by atoms with Gasteiger partial charge < -0.3 is 19.3 Å². The van der Waals surface area contributed by atoms with E-state index in [1.165, 1.54) is 7.11 Å². The smallest absolute Gasteiger partial charge is 0.257 e. The van der Waals surface area contributed by atoms with Gasteiger partial charge >= 0.3 is 0 Å². The molecule has 37 heavy (non-hydrogen) atoms. The number of aromatic nitrogens is 3. The highest BCUT2D eigenvalue weighted by Gasteiger charge is 2.29. The molecule has 2 aromatic heterocycles. The van der Waals surface area contributed by atoms with Crippen LogP contribution < -0.4 is 9.47 Å². The number of hydrogen-bond acceptors (Lipinski definition) is 6. The Bertz CT molecular complexity index is 1400. The molecule has 0 aliphatic carbocycles. The van der Waals surface area contributed by atoms with Gasteiger partial charge in [-0.15, -0.1) is 0 Å². The molecule has 2 amide bonds. The van der Waals surface area contributed by atoms with E-state index in [9.17, 15) is 9.59 Å². The Morgan fingerprint density at radius 2 is 1.51 bits per heavy atom. The fourth-order valence-electron chi connectivity index (χ4n) is 4.39. The summed E-state index contributed by atoms with van der Waals surface area (Å²) in [6.07, 6.45) is 5.15. The van der Waals surface area contributed by atoms with E-state index in [1.807, 2.05) is 42.5 Å². The third kappa shape index (κ3) is 4.88. The van der Waals surface area contributed by atoms with Crippen LogP contribution in [-0.2, 0) is 0 Å². The number of carbonyl (C=O) groups is 2. The van der Waals surface area contributed by atoms with Gasteiger partial charge in [0.25, 0.3) is 11.8 Å². The van der Waals surface area contributed by atoms with Gasteiger partial charge in [0.05, 0.1) is 31.0 Å². The maximum Gasteiger partial charge on any atom is 0.257 e. The van der Waals surface area contributed by atoms with Crippen molar-refractivity contribution in [3.8, 4) is 28.4 Å². The van der Waals surface area contributed by atoms with Crippen LogP contribution in [0.4, 0.5) is 0 Å². The molecule has 1 fully saturated rings. The lowest BCUT2D eigenvalue weighted by molar-refractivity contribution is 0.0534. The maximum absolute atomic E-state index is 13.7. The van der Waals surface area contributed by atoms with Crippen LogP contribution in [0.2, 0.25) is 0 Å². The number of nitrogens with zero attached hydrogens (tertiary/aromatic N) is 5. The third-order valence-corrected chi connectivity index (χ3v) is 6.39. The van der Waals surface area contributed by atoms with Crippen molar-refractivity contribution in [2.45, 2.75) is 0 Å². The predicted molar refractivity (Wildman–Crippen MR) is 138 cm³/mol. The summed E-state index contributed by atoms with van der Waals surface area (Å²) < 4.78 is 12.3. The number of piperazine rings is 1. The van der Waals surface area contributed by atoms with Crippen molar-refractivity contribution in [3.05, 3.63) is 90.4 Å². The Kier molecular flexibility index (Phi) is 6.85. The van der Waals surface area contributed by atoms with Crippen LogP contribution in [0.1, 0.15) is 20.7 Å². The fourth-order valence-corrected chi connectivity index (χ4v) is 4.39. The first-order valence-electron chi connectivity index (χ1n) is 11.9. The van der Waals surface area contributed by atoms with Crippen molar-refractivity contribution >= 4 is 11.8 Å². The van der Waals surface area contributed by atoms with E-state index in [-0.39, 0.29) is 11.8 Å². The number of carbonyl (C=O) groups excluding carboxylic acids is 2. The molecule has 1 aliphatic heterocycles. The highest BCUT2D eigenvalue weighted by atomic mass is 16.5. The Labute approximate surface area is 214 Å². The summed E-state index contributed by atoms with van der Waals surface area (Å²) in [6.45, 7) is 1.64. The van der Waals surface area contributed by atoms with Gasteiger partial charge in [-0.2, -0.15) is 5.10 Å². The molecule has 0 unspecified atom stereocenters. The van der Waals surface area contributed by atoms with Gasteiger partial charge in [0.1, 0.15) is 17.2 Å². The van der Waals surface area contributed by atoms with Gasteiger partial charge in [-0.3, -0.25) is 14.6 Å². The molecule has 5 rings (SSSR count). The Hall–Kier alpha value is -4.66. The molecular formula is C28H27N5O4. The summed E-state index contributed by atoms with van der Waals surface area (Å²) in [7, 11) is 3.09. The molecule has 3 heterocycles. The fraction of sp³-hybridized carbons (Fsp3) is 0.214. The first-order valence-corrected chi connectivity index (χ1v) is 11.9. The monoisotopic (exact) mass is 497 g/mol. The number of methoxy groups -OCH3 is 2. The predicted octanol–water partition coefficient (Wildman–Crippen LogP) is 3.55. The minimum absolute atomic E-state index is 0.129. The molecule has 0 N–H and O–H groups in total. The van der Waals surface area contributed by atoms with Crippen LogP contribution in [0.15, 0.2) is 79.3 Å². The number of pyridine rings is 1. The van der Waals surface area contributed by atoms with E-state index in [2.05, 4.69) is 4.98 Å². The summed E-state index contributed by atoms with van der Waals surface area (Å²) in [4.78, 5) is 34.6. The van der Waals surface area contributed by atoms with E-state index >= 15 is 0 Å². The van der Waals surface area contributed by atoms with Crippen molar-refractivity contribution < 1.29 is 19.1 Å². The zero-order valence-electron chi connectivity index (χ0n) is 20.7. The second-order valence-corrected chi connectivity index (χ2v) is 8.56. The van der Waals surface area contributed by atoms with E-state index in [4.69, 9.17) is 14.6 Å². The van der Waals surface area contributed by atoms with Crippen LogP contribution in [0.3, 0.4) is 0 Å². The normalized spacial score (nSPS) is 13.4. The SMILES string of the molecule is COc1ccc(C(=O)N2CCN(C(=O)c3cn(-c4ccccc4)nc3-c3cccnc3)CC2)c(OC)c1. The largest absolute Gasteiger partial charge is 0.497 e. The average molecular weight is 498 g/mol. The quantitative estimate of drug-likeness (QED) is 0.405. The van der Waals surface area contributed by atoms with Crippen LogP contribution in [0.25, 0.3) is 16.9 Å². The van der Waals surface area contributed by atoms with E-state index in [0.717, 1.165) is 11.3 Å². The lowest BCUT2D eigenvalue weighted by Crippen LogP contribution is -2.50. The molecular weight excluding hydrogens is 470 g/mol. The summed E-state index contributed by atoms with van der Waals surface area (Å²) in [5.41, 5.74) is 3.15. The average Bonchev–Trinajstić information content (AvgIpc) is 3.43. The van der Waals surface area contributed by atoms with Crippen molar-refractivity contribution in [1.29, 1.82) is 0 Å². The molecule has 0 atom stereocenters. The molecule has 0 saturated carbocycles. The number of rotatable bonds is 6. The first kappa shape index (κ1) is 24.1. The number of amides is 2. The lowest BCUT2D eigenvalue weighted by Gasteiger charge is -2.35. The van der Waals surface area contributed by atoms with Crippen molar-refractivity contribution in [3.63, 3.8) is 0 Å². The van der Waals surface area contributed by atoms with Gasteiger partial charge in [0, 0.05) is 56.4 Å². The van der Waals surface area contributed by atoms with Crippen LogP contribution in [0, 0.1) is 0 Å². The molecule has 1 aliphatic rings. The molecule has 9 nitrogen and oxygen atoms in total. The zero-order valence-corrected chi connectivity index (χ0v) is 20.7. The van der Waals surface area contributed by atoms with E-state index in [0.29, 0.717) is 54.5 Å². The zero-order chi connectivity index (χ0) is 25.8. The highest BCUT2D eigenvalue weighted by molar-refractivity contribution is 6.00. The molecule has 9 heteroatoms. The second-order valence-electron chi connectivity index (χ2n) is 8.56. The van der Waals surface area contributed by atoms with Gasteiger partial charge in [-0.1, -0.05) is 18.2 Å². The van der Waals surface area contributed by atoms with E-state index in [1.54, 1.807) is 58.4 Å². The summed E-state index contributed by atoms with van der Waals surface area (Å²) in [5, 5.41) is 4.72. The molecule has 0 spiro atoms. The Balaban J connectivity index is 1.36. The minimum atomic E-state index is -0.139.